The first-order chi connectivity index (χ1) is 8.22. The lowest BCUT2D eigenvalue weighted by Gasteiger charge is -2.11. The van der Waals surface area contributed by atoms with E-state index < -0.39 is 6.10 Å². The van der Waals surface area contributed by atoms with Crippen LogP contribution in [0.15, 0.2) is 29.2 Å². The van der Waals surface area contributed by atoms with Crippen LogP contribution in [-0.2, 0) is 4.74 Å². The molecule has 0 spiro atoms. The number of hydrogen-bond acceptors (Lipinski definition) is 4. The Morgan fingerprint density at radius 1 is 1.41 bits per heavy atom. The second kappa shape index (κ2) is 8.47. The minimum absolute atomic E-state index is 0.240. The quantitative estimate of drug-likeness (QED) is 0.548. The first kappa shape index (κ1) is 14.4. The molecule has 5 heteroatoms. The van der Waals surface area contributed by atoms with Crippen LogP contribution in [0.3, 0.4) is 0 Å². The summed E-state index contributed by atoms with van der Waals surface area (Å²) in [5, 5.41) is 12.7. The summed E-state index contributed by atoms with van der Waals surface area (Å²) in [6.07, 6.45) is -0.415. The van der Waals surface area contributed by atoms with E-state index in [2.05, 4.69) is 5.32 Å². The molecule has 0 fully saturated rings. The van der Waals surface area contributed by atoms with Crippen molar-refractivity contribution >= 4 is 11.8 Å². The highest BCUT2D eigenvalue weighted by Crippen LogP contribution is 2.18. The molecule has 1 unspecified atom stereocenters. The van der Waals surface area contributed by atoms with Gasteiger partial charge in [-0.2, -0.15) is 0 Å². The van der Waals surface area contributed by atoms with Gasteiger partial charge in [-0.05, 0) is 24.3 Å². The number of methoxy groups -OCH3 is 1. The van der Waals surface area contributed by atoms with E-state index in [0.717, 1.165) is 11.4 Å². The maximum absolute atomic E-state index is 12.6. The fraction of sp³-hybridized carbons (Fsp3) is 0.500. The Bertz CT molecular complexity index is 308. The third-order valence-electron chi connectivity index (χ3n) is 2.12. The predicted molar refractivity (Wildman–Crippen MR) is 67.9 cm³/mol. The monoisotopic (exact) mass is 259 g/mol. The average Bonchev–Trinajstić information content (AvgIpc) is 2.34. The van der Waals surface area contributed by atoms with Gasteiger partial charge in [-0.25, -0.2) is 4.39 Å². The molecule has 0 bridgehead atoms. The van der Waals surface area contributed by atoms with Crippen molar-refractivity contribution in [1.29, 1.82) is 0 Å². The molecule has 0 saturated heterocycles. The predicted octanol–water partition coefficient (Wildman–Crippen LogP) is 1.51. The molecule has 17 heavy (non-hydrogen) atoms. The van der Waals surface area contributed by atoms with Crippen LogP contribution in [0, 0.1) is 5.82 Å². The first-order valence-electron chi connectivity index (χ1n) is 5.48. The van der Waals surface area contributed by atoms with Crippen LogP contribution in [0.4, 0.5) is 4.39 Å². The van der Waals surface area contributed by atoms with E-state index in [9.17, 15) is 9.50 Å². The van der Waals surface area contributed by atoms with Crippen molar-refractivity contribution in [2.24, 2.45) is 0 Å². The molecule has 0 aliphatic carbocycles. The fourth-order valence-electron chi connectivity index (χ4n) is 1.23. The number of rotatable bonds is 8. The lowest BCUT2D eigenvalue weighted by atomic mass is 10.3. The molecular formula is C12H18FNO2S. The Balaban J connectivity index is 2.14. The molecular weight excluding hydrogens is 241 g/mol. The highest BCUT2D eigenvalue weighted by Gasteiger charge is 2.04. The number of ether oxygens (including phenoxy) is 1. The Kier molecular flexibility index (Phi) is 7.19. The smallest absolute Gasteiger partial charge is 0.123 e. The van der Waals surface area contributed by atoms with E-state index in [1.165, 1.54) is 23.9 Å². The minimum Gasteiger partial charge on any atom is -0.391 e. The molecule has 1 aromatic rings. The van der Waals surface area contributed by atoms with Gasteiger partial charge in [0.2, 0.25) is 0 Å². The third kappa shape index (κ3) is 6.63. The van der Waals surface area contributed by atoms with Gasteiger partial charge in [0.15, 0.2) is 0 Å². The summed E-state index contributed by atoms with van der Waals surface area (Å²) in [5.74, 6) is 0.349. The van der Waals surface area contributed by atoms with E-state index in [4.69, 9.17) is 4.74 Å². The number of aliphatic hydroxyl groups excluding tert-OH is 1. The Morgan fingerprint density at radius 3 is 2.76 bits per heavy atom. The van der Waals surface area contributed by atoms with Gasteiger partial charge < -0.3 is 15.2 Å². The molecule has 2 N–H and O–H groups in total. The molecule has 1 rings (SSSR count). The first-order valence-corrected chi connectivity index (χ1v) is 6.47. The molecule has 1 atom stereocenters. The number of thioether (sulfide) groups is 1. The van der Waals surface area contributed by atoms with Crippen LogP contribution in [0.5, 0.6) is 0 Å². The second-order valence-corrected chi connectivity index (χ2v) is 4.71. The second-order valence-electron chi connectivity index (χ2n) is 3.62. The minimum atomic E-state index is -0.415. The van der Waals surface area contributed by atoms with Crippen LogP contribution >= 0.6 is 11.8 Å². The summed E-state index contributed by atoms with van der Waals surface area (Å²) in [4.78, 5) is 0.961. The molecule has 0 amide bonds. The Morgan fingerprint density at radius 2 is 2.12 bits per heavy atom. The maximum atomic E-state index is 12.6. The van der Waals surface area contributed by atoms with Crippen molar-refractivity contribution in [2.45, 2.75) is 11.0 Å². The van der Waals surface area contributed by atoms with Gasteiger partial charge in [-0.1, -0.05) is 0 Å². The fourth-order valence-corrected chi connectivity index (χ4v) is 2.06. The van der Waals surface area contributed by atoms with E-state index in [1.54, 1.807) is 19.2 Å². The maximum Gasteiger partial charge on any atom is 0.123 e. The van der Waals surface area contributed by atoms with Gasteiger partial charge in [0, 0.05) is 30.8 Å². The zero-order valence-corrected chi connectivity index (χ0v) is 10.7. The van der Waals surface area contributed by atoms with Gasteiger partial charge >= 0.3 is 0 Å². The lowest BCUT2D eigenvalue weighted by Crippen LogP contribution is -2.30. The molecule has 3 nitrogen and oxygen atoms in total. The van der Waals surface area contributed by atoms with Crippen molar-refractivity contribution in [2.75, 3.05) is 32.6 Å². The third-order valence-corrected chi connectivity index (χ3v) is 3.28. The summed E-state index contributed by atoms with van der Waals surface area (Å²) >= 11 is 1.51. The van der Waals surface area contributed by atoms with Crippen molar-refractivity contribution < 1.29 is 14.2 Å². The highest BCUT2D eigenvalue weighted by molar-refractivity contribution is 7.99. The lowest BCUT2D eigenvalue weighted by molar-refractivity contribution is 0.175. The van der Waals surface area contributed by atoms with Crippen LogP contribution in [-0.4, -0.2) is 43.8 Å². The summed E-state index contributed by atoms with van der Waals surface area (Å²) < 4.78 is 17.5. The van der Waals surface area contributed by atoms with Crippen LogP contribution < -0.4 is 5.32 Å². The van der Waals surface area contributed by atoms with Crippen molar-refractivity contribution in [3.05, 3.63) is 30.1 Å². The zero-order valence-electron chi connectivity index (χ0n) is 9.86. The standard InChI is InChI=1S/C12H18FNO2S/c1-16-7-6-14-8-11(15)9-17-12-4-2-10(13)3-5-12/h2-5,11,14-15H,6-9H2,1H3. The van der Waals surface area contributed by atoms with Gasteiger partial charge in [0.1, 0.15) is 5.82 Å². The molecule has 0 aliphatic rings. The number of halogens is 1. The van der Waals surface area contributed by atoms with E-state index in [1.807, 2.05) is 0 Å². The zero-order chi connectivity index (χ0) is 12.5. The summed E-state index contributed by atoms with van der Waals surface area (Å²) in [6, 6.07) is 6.27. The van der Waals surface area contributed by atoms with Crippen molar-refractivity contribution in [1.82, 2.24) is 5.32 Å². The van der Waals surface area contributed by atoms with Gasteiger partial charge in [-0.15, -0.1) is 11.8 Å². The van der Waals surface area contributed by atoms with E-state index >= 15 is 0 Å². The van der Waals surface area contributed by atoms with Crippen molar-refractivity contribution in [3.63, 3.8) is 0 Å². The SMILES string of the molecule is COCCNCC(O)CSc1ccc(F)cc1. The van der Waals surface area contributed by atoms with Crippen LogP contribution in [0.2, 0.25) is 0 Å². The normalized spacial score (nSPS) is 12.6. The molecule has 0 aliphatic heterocycles. The van der Waals surface area contributed by atoms with Gasteiger partial charge in [0.05, 0.1) is 12.7 Å². The van der Waals surface area contributed by atoms with Crippen LogP contribution in [0.1, 0.15) is 0 Å². The number of nitrogens with one attached hydrogen (secondary N) is 1. The molecule has 0 aromatic heterocycles. The molecule has 0 saturated carbocycles. The topological polar surface area (TPSA) is 41.5 Å². The van der Waals surface area contributed by atoms with Gasteiger partial charge in [0.25, 0.3) is 0 Å². The number of benzene rings is 1. The van der Waals surface area contributed by atoms with Crippen LogP contribution in [0.25, 0.3) is 0 Å². The summed E-state index contributed by atoms with van der Waals surface area (Å²) in [5.41, 5.74) is 0. The molecule has 96 valence electrons. The molecule has 1 aromatic carbocycles. The van der Waals surface area contributed by atoms with Crippen molar-refractivity contribution in [3.8, 4) is 0 Å². The Hall–Kier alpha value is -0.620. The Labute approximate surface area is 105 Å². The molecule has 0 radical (unpaired) electrons. The summed E-state index contributed by atoms with van der Waals surface area (Å²) in [7, 11) is 1.64. The van der Waals surface area contributed by atoms with Gasteiger partial charge in [-0.3, -0.25) is 0 Å². The summed E-state index contributed by atoms with van der Waals surface area (Å²) in [6.45, 7) is 1.91. The number of hydrogen-bond donors (Lipinski definition) is 2. The molecule has 0 heterocycles. The van der Waals surface area contributed by atoms with E-state index in [-0.39, 0.29) is 5.82 Å². The highest BCUT2D eigenvalue weighted by atomic mass is 32.2. The average molecular weight is 259 g/mol. The van der Waals surface area contributed by atoms with E-state index in [0.29, 0.717) is 18.9 Å². The number of aliphatic hydroxyl groups is 1. The largest absolute Gasteiger partial charge is 0.391 e.